The molecule has 2 fully saturated rings. The molecule has 2 atom stereocenters. The molecule has 2 N–H and O–H groups in total. The summed E-state index contributed by atoms with van der Waals surface area (Å²) in [6.45, 7) is 2.29. The number of nitrogens with zero attached hydrogens (tertiary/aromatic N) is 2. The summed E-state index contributed by atoms with van der Waals surface area (Å²) in [5.41, 5.74) is 6.21. The molecule has 1 aromatic heterocycles. The Morgan fingerprint density at radius 2 is 1.90 bits per heavy atom. The Morgan fingerprint density at radius 1 is 1.14 bits per heavy atom. The standard InChI is InChI=1S/C17H29N3O/c1-2-13-8-7-9-14(12-13)15-19-16(21-20-15)17(18)10-5-3-4-6-11-17/h13-14H,2-12,18H2,1H3. The minimum atomic E-state index is -0.374. The van der Waals surface area contributed by atoms with Crippen LogP contribution in [0.2, 0.25) is 0 Å². The summed E-state index contributed by atoms with van der Waals surface area (Å²) >= 11 is 0. The quantitative estimate of drug-likeness (QED) is 0.845. The molecule has 0 amide bonds. The van der Waals surface area contributed by atoms with Gasteiger partial charge in [-0.25, -0.2) is 0 Å². The molecule has 0 bridgehead atoms. The van der Waals surface area contributed by atoms with Crippen LogP contribution in [0.1, 0.15) is 95.2 Å². The Morgan fingerprint density at radius 3 is 2.62 bits per heavy atom. The maximum Gasteiger partial charge on any atom is 0.246 e. The predicted molar refractivity (Wildman–Crippen MR) is 82.9 cm³/mol. The maximum atomic E-state index is 6.58. The highest BCUT2D eigenvalue weighted by atomic mass is 16.5. The molecule has 118 valence electrons. The van der Waals surface area contributed by atoms with Gasteiger partial charge in [-0.2, -0.15) is 4.98 Å². The van der Waals surface area contributed by atoms with Crippen molar-refractivity contribution in [1.82, 2.24) is 10.1 Å². The number of rotatable bonds is 3. The Balaban J connectivity index is 1.73. The summed E-state index contributed by atoms with van der Waals surface area (Å²) in [6, 6.07) is 0. The van der Waals surface area contributed by atoms with E-state index < -0.39 is 0 Å². The predicted octanol–water partition coefficient (Wildman–Crippen LogP) is 4.26. The summed E-state index contributed by atoms with van der Waals surface area (Å²) in [7, 11) is 0. The van der Waals surface area contributed by atoms with E-state index >= 15 is 0 Å². The molecule has 21 heavy (non-hydrogen) atoms. The summed E-state index contributed by atoms with van der Waals surface area (Å²) in [6.07, 6.45) is 13.2. The second kappa shape index (κ2) is 6.47. The molecule has 0 aliphatic heterocycles. The topological polar surface area (TPSA) is 64.9 Å². The number of hydrogen-bond acceptors (Lipinski definition) is 4. The largest absolute Gasteiger partial charge is 0.337 e. The van der Waals surface area contributed by atoms with E-state index in [-0.39, 0.29) is 5.54 Å². The molecule has 0 radical (unpaired) electrons. The van der Waals surface area contributed by atoms with E-state index in [0.29, 0.717) is 11.8 Å². The minimum Gasteiger partial charge on any atom is -0.337 e. The van der Waals surface area contributed by atoms with Gasteiger partial charge in [0.15, 0.2) is 5.82 Å². The van der Waals surface area contributed by atoms with Crippen molar-refractivity contribution in [3.8, 4) is 0 Å². The van der Waals surface area contributed by atoms with Gasteiger partial charge in [-0.05, 0) is 31.6 Å². The third kappa shape index (κ3) is 3.31. The first-order valence-electron chi connectivity index (χ1n) is 8.84. The van der Waals surface area contributed by atoms with E-state index in [1.54, 1.807) is 0 Å². The highest BCUT2D eigenvalue weighted by Crippen LogP contribution is 2.38. The van der Waals surface area contributed by atoms with Crippen LogP contribution in [0.5, 0.6) is 0 Å². The van der Waals surface area contributed by atoms with Crippen LogP contribution < -0.4 is 5.73 Å². The second-order valence-corrected chi connectivity index (χ2v) is 7.17. The molecule has 2 unspecified atom stereocenters. The van der Waals surface area contributed by atoms with Crippen LogP contribution in [0, 0.1) is 5.92 Å². The van der Waals surface area contributed by atoms with Crippen molar-refractivity contribution in [3.05, 3.63) is 11.7 Å². The van der Waals surface area contributed by atoms with Gasteiger partial charge in [0.05, 0.1) is 5.54 Å². The zero-order valence-corrected chi connectivity index (χ0v) is 13.3. The molecule has 2 saturated carbocycles. The van der Waals surface area contributed by atoms with Gasteiger partial charge >= 0.3 is 0 Å². The smallest absolute Gasteiger partial charge is 0.246 e. The van der Waals surface area contributed by atoms with Crippen molar-refractivity contribution in [2.24, 2.45) is 11.7 Å². The molecule has 0 spiro atoms. The molecule has 2 aliphatic rings. The van der Waals surface area contributed by atoms with Crippen molar-refractivity contribution in [1.29, 1.82) is 0 Å². The lowest BCUT2D eigenvalue weighted by atomic mass is 9.80. The molecule has 4 heteroatoms. The van der Waals surface area contributed by atoms with Gasteiger partial charge in [0.1, 0.15) is 0 Å². The van der Waals surface area contributed by atoms with Crippen molar-refractivity contribution < 1.29 is 4.52 Å². The first-order chi connectivity index (χ1) is 10.2. The van der Waals surface area contributed by atoms with Gasteiger partial charge < -0.3 is 10.3 Å². The second-order valence-electron chi connectivity index (χ2n) is 7.17. The van der Waals surface area contributed by atoms with E-state index in [4.69, 9.17) is 15.2 Å². The van der Waals surface area contributed by atoms with Crippen molar-refractivity contribution in [2.75, 3.05) is 0 Å². The average molecular weight is 291 g/mol. The maximum absolute atomic E-state index is 6.58. The molecule has 0 aromatic carbocycles. The third-order valence-corrected chi connectivity index (χ3v) is 5.59. The van der Waals surface area contributed by atoms with Crippen LogP contribution in [0.15, 0.2) is 4.52 Å². The van der Waals surface area contributed by atoms with Crippen LogP contribution in [0.3, 0.4) is 0 Å². The van der Waals surface area contributed by atoms with E-state index in [9.17, 15) is 0 Å². The van der Waals surface area contributed by atoms with Gasteiger partial charge in [0.25, 0.3) is 0 Å². The zero-order chi connectivity index (χ0) is 14.7. The lowest BCUT2D eigenvalue weighted by Crippen LogP contribution is -2.36. The fourth-order valence-electron chi connectivity index (χ4n) is 4.07. The molecular weight excluding hydrogens is 262 g/mol. The molecule has 2 aliphatic carbocycles. The monoisotopic (exact) mass is 291 g/mol. The van der Waals surface area contributed by atoms with E-state index in [2.05, 4.69) is 12.1 Å². The average Bonchev–Trinajstić information content (AvgIpc) is 2.92. The zero-order valence-electron chi connectivity index (χ0n) is 13.3. The van der Waals surface area contributed by atoms with Crippen molar-refractivity contribution in [2.45, 2.75) is 89.0 Å². The summed E-state index contributed by atoms with van der Waals surface area (Å²) < 4.78 is 5.60. The lowest BCUT2D eigenvalue weighted by Gasteiger charge is -2.26. The SMILES string of the molecule is CCC1CCCC(c2noc(C3(N)CCCCCC3)n2)C1. The van der Waals surface area contributed by atoms with Crippen molar-refractivity contribution in [3.63, 3.8) is 0 Å². The van der Waals surface area contributed by atoms with Crippen LogP contribution in [-0.2, 0) is 5.54 Å². The van der Waals surface area contributed by atoms with E-state index in [0.717, 1.165) is 24.6 Å². The molecule has 1 heterocycles. The first kappa shape index (κ1) is 15.0. The molecule has 3 rings (SSSR count). The molecular formula is C17H29N3O. The van der Waals surface area contributed by atoms with Gasteiger partial charge in [0.2, 0.25) is 5.89 Å². The van der Waals surface area contributed by atoms with Crippen LogP contribution in [0.4, 0.5) is 0 Å². The number of hydrogen-bond donors (Lipinski definition) is 1. The Kier molecular flexibility index (Phi) is 4.63. The van der Waals surface area contributed by atoms with Gasteiger partial charge in [0, 0.05) is 5.92 Å². The highest BCUT2D eigenvalue weighted by Gasteiger charge is 2.35. The molecule has 1 aromatic rings. The number of aromatic nitrogens is 2. The van der Waals surface area contributed by atoms with Crippen LogP contribution >= 0.6 is 0 Å². The minimum absolute atomic E-state index is 0.374. The lowest BCUT2D eigenvalue weighted by molar-refractivity contribution is 0.253. The van der Waals surface area contributed by atoms with E-state index in [1.165, 1.54) is 57.8 Å². The van der Waals surface area contributed by atoms with E-state index in [1.807, 2.05) is 0 Å². The van der Waals surface area contributed by atoms with Crippen LogP contribution in [0.25, 0.3) is 0 Å². The van der Waals surface area contributed by atoms with Gasteiger partial charge in [-0.15, -0.1) is 0 Å². The number of nitrogens with two attached hydrogens (primary N) is 1. The van der Waals surface area contributed by atoms with Gasteiger partial charge in [-0.3, -0.25) is 0 Å². The molecule has 4 nitrogen and oxygen atoms in total. The summed E-state index contributed by atoms with van der Waals surface area (Å²) in [5.74, 6) is 2.92. The van der Waals surface area contributed by atoms with Gasteiger partial charge in [-0.1, -0.05) is 57.0 Å². The summed E-state index contributed by atoms with van der Waals surface area (Å²) in [5, 5.41) is 4.29. The third-order valence-electron chi connectivity index (χ3n) is 5.59. The Hall–Kier alpha value is -0.900. The molecule has 0 saturated heterocycles. The fourth-order valence-corrected chi connectivity index (χ4v) is 4.07. The first-order valence-corrected chi connectivity index (χ1v) is 8.84. The highest BCUT2D eigenvalue weighted by molar-refractivity contribution is 5.06. The normalized spacial score (nSPS) is 30.0. The summed E-state index contributed by atoms with van der Waals surface area (Å²) in [4.78, 5) is 4.74. The Labute approximate surface area is 127 Å². The van der Waals surface area contributed by atoms with Crippen molar-refractivity contribution >= 4 is 0 Å². The fraction of sp³-hybridized carbons (Fsp3) is 0.882. The Bertz CT molecular complexity index is 449. The van der Waals surface area contributed by atoms with Crippen LogP contribution in [-0.4, -0.2) is 10.1 Å².